The van der Waals surface area contributed by atoms with E-state index < -0.39 is 11.2 Å². The first-order valence-corrected chi connectivity index (χ1v) is 8.21. The summed E-state index contributed by atoms with van der Waals surface area (Å²) in [6.45, 7) is 1.08. The lowest BCUT2D eigenvalue weighted by molar-refractivity contribution is -0.128. The summed E-state index contributed by atoms with van der Waals surface area (Å²) in [5.74, 6) is -0.104. The Hall–Kier alpha value is -2.97. The van der Waals surface area contributed by atoms with E-state index in [2.05, 4.69) is 20.3 Å². The highest BCUT2D eigenvalue weighted by molar-refractivity contribution is 5.96. The van der Waals surface area contributed by atoms with E-state index in [1.807, 2.05) is 4.90 Å². The van der Waals surface area contributed by atoms with Gasteiger partial charge in [-0.15, -0.1) is 0 Å². The molecule has 1 saturated heterocycles. The highest BCUT2D eigenvalue weighted by Crippen LogP contribution is 2.32. The van der Waals surface area contributed by atoms with Gasteiger partial charge in [0.1, 0.15) is 5.65 Å². The number of fused-ring (bicyclic) bond motifs is 1. The average Bonchev–Trinajstić information content (AvgIpc) is 3.35. The number of aromatic amines is 2. The molecule has 9 nitrogen and oxygen atoms in total. The quantitative estimate of drug-likeness (QED) is 0.680. The number of amides is 2. The molecule has 1 aliphatic heterocycles. The molecule has 3 N–H and O–H groups in total. The molecular formula is C16H17N5O4. The van der Waals surface area contributed by atoms with E-state index in [0.29, 0.717) is 25.6 Å². The van der Waals surface area contributed by atoms with E-state index in [1.54, 1.807) is 0 Å². The van der Waals surface area contributed by atoms with Gasteiger partial charge in [-0.1, -0.05) is 0 Å². The van der Waals surface area contributed by atoms with Crippen molar-refractivity contribution in [2.24, 2.45) is 5.92 Å². The fourth-order valence-corrected chi connectivity index (χ4v) is 3.19. The van der Waals surface area contributed by atoms with Gasteiger partial charge in [0.05, 0.1) is 10.9 Å². The summed E-state index contributed by atoms with van der Waals surface area (Å²) in [6, 6.07) is 1.79. The van der Waals surface area contributed by atoms with E-state index in [0.717, 1.165) is 12.8 Å². The number of rotatable bonds is 4. The van der Waals surface area contributed by atoms with Gasteiger partial charge in [0, 0.05) is 37.7 Å². The SMILES string of the molecule is O=C(NC[C@H]1CC(=O)N(C2CC2)C1)c1cnc2[nH]c(=O)[nH]c(=O)c2c1. The molecule has 9 heteroatoms. The van der Waals surface area contributed by atoms with Gasteiger partial charge in [0.15, 0.2) is 0 Å². The fourth-order valence-electron chi connectivity index (χ4n) is 3.19. The van der Waals surface area contributed by atoms with Gasteiger partial charge >= 0.3 is 5.69 Å². The topological polar surface area (TPSA) is 128 Å². The lowest BCUT2D eigenvalue weighted by atomic mass is 10.1. The number of likely N-dealkylation sites (tertiary alicyclic amines) is 1. The highest BCUT2D eigenvalue weighted by atomic mass is 16.2. The van der Waals surface area contributed by atoms with Gasteiger partial charge in [-0.25, -0.2) is 9.78 Å². The third kappa shape index (κ3) is 3.04. The minimum Gasteiger partial charge on any atom is -0.352 e. The van der Waals surface area contributed by atoms with Crippen LogP contribution in [-0.2, 0) is 4.79 Å². The average molecular weight is 343 g/mol. The largest absolute Gasteiger partial charge is 0.352 e. The molecule has 2 aliphatic rings. The van der Waals surface area contributed by atoms with Crippen LogP contribution in [0.4, 0.5) is 0 Å². The third-order valence-corrected chi connectivity index (χ3v) is 4.63. The Balaban J connectivity index is 1.44. The molecule has 130 valence electrons. The third-order valence-electron chi connectivity index (χ3n) is 4.63. The number of nitrogens with zero attached hydrogens (tertiary/aromatic N) is 2. The van der Waals surface area contributed by atoms with E-state index in [4.69, 9.17) is 0 Å². The van der Waals surface area contributed by atoms with Crippen LogP contribution in [0, 0.1) is 5.92 Å². The Bertz CT molecular complexity index is 974. The number of H-pyrrole nitrogens is 2. The van der Waals surface area contributed by atoms with Crippen LogP contribution in [0.25, 0.3) is 11.0 Å². The second-order valence-electron chi connectivity index (χ2n) is 6.59. The van der Waals surface area contributed by atoms with Gasteiger partial charge < -0.3 is 10.2 Å². The van der Waals surface area contributed by atoms with Crippen LogP contribution in [0.15, 0.2) is 21.9 Å². The monoisotopic (exact) mass is 343 g/mol. The van der Waals surface area contributed by atoms with E-state index in [9.17, 15) is 19.2 Å². The van der Waals surface area contributed by atoms with Crippen molar-refractivity contribution in [3.63, 3.8) is 0 Å². The molecule has 25 heavy (non-hydrogen) atoms. The molecule has 0 unspecified atom stereocenters. The number of hydrogen-bond acceptors (Lipinski definition) is 5. The van der Waals surface area contributed by atoms with E-state index in [-0.39, 0.29) is 34.3 Å². The van der Waals surface area contributed by atoms with E-state index in [1.165, 1.54) is 12.3 Å². The number of nitrogens with one attached hydrogen (secondary N) is 3. The maximum absolute atomic E-state index is 12.3. The molecule has 0 radical (unpaired) electrons. The zero-order valence-electron chi connectivity index (χ0n) is 13.4. The Kier molecular flexibility index (Phi) is 3.63. The summed E-state index contributed by atoms with van der Waals surface area (Å²) in [5.41, 5.74) is -0.879. The molecule has 2 aromatic rings. The molecule has 0 aromatic carbocycles. The van der Waals surface area contributed by atoms with Gasteiger partial charge in [-0.05, 0) is 18.9 Å². The summed E-state index contributed by atoms with van der Waals surface area (Å²) >= 11 is 0. The van der Waals surface area contributed by atoms with Crippen molar-refractivity contribution >= 4 is 22.8 Å². The fraction of sp³-hybridized carbons (Fsp3) is 0.438. The number of carbonyl (C=O) groups excluding carboxylic acids is 2. The van der Waals surface area contributed by atoms with Gasteiger partial charge in [-0.2, -0.15) is 0 Å². The number of carbonyl (C=O) groups is 2. The van der Waals surface area contributed by atoms with Crippen molar-refractivity contribution in [1.29, 1.82) is 0 Å². The molecule has 0 spiro atoms. The van der Waals surface area contributed by atoms with Crippen molar-refractivity contribution in [1.82, 2.24) is 25.2 Å². The highest BCUT2D eigenvalue weighted by Gasteiger charge is 2.39. The van der Waals surface area contributed by atoms with Crippen LogP contribution in [0.5, 0.6) is 0 Å². The lowest BCUT2D eigenvalue weighted by Crippen LogP contribution is -2.32. The van der Waals surface area contributed by atoms with Crippen LogP contribution in [0.2, 0.25) is 0 Å². The van der Waals surface area contributed by atoms with Gasteiger partial charge in [0.2, 0.25) is 5.91 Å². The van der Waals surface area contributed by atoms with Crippen molar-refractivity contribution in [3.05, 3.63) is 38.7 Å². The zero-order chi connectivity index (χ0) is 17.6. The molecule has 0 bridgehead atoms. The predicted molar refractivity (Wildman–Crippen MR) is 88.2 cm³/mol. The smallest absolute Gasteiger partial charge is 0.327 e. The Morgan fingerprint density at radius 1 is 1.28 bits per heavy atom. The van der Waals surface area contributed by atoms with Gasteiger partial charge in [0.25, 0.3) is 11.5 Å². The zero-order valence-corrected chi connectivity index (χ0v) is 13.4. The van der Waals surface area contributed by atoms with Crippen molar-refractivity contribution in [2.75, 3.05) is 13.1 Å². The van der Waals surface area contributed by atoms with Crippen LogP contribution < -0.4 is 16.6 Å². The summed E-state index contributed by atoms with van der Waals surface area (Å²) in [7, 11) is 0. The minimum absolute atomic E-state index is 0.102. The standard InChI is InChI=1S/C16H17N5O4/c22-12-3-8(7-21(12)10-1-2-10)5-18-14(23)9-4-11-13(17-6-9)19-16(25)20-15(11)24/h4,6,8,10H,1-3,5,7H2,(H,18,23)(H2,17,19,20,24,25)/t8-/m1/s1. The molecule has 1 aliphatic carbocycles. The molecule has 2 amide bonds. The predicted octanol–water partition coefficient (Wildman–Crippen LogP) is -0.648. The molecule has 1 atom stereocenters. The maximum atomic E-state index is 12.3. The minimum atomic E-state index is -0.645. The Morgan fingerprint density at radius 2 is 2.08 bits per heavy atom. The van der Waals surface area contributed by atoms with Crippen molar-refractivity contribution < 1.29 is 9.59 Å². The second-order valence-corrected chi connectivity index (χ2v) is 6.59. The van der Waals surface area contributed by atoms with E-state index >= 15 is 0 Å². The molecule has 1 saturated carbocycles. The molecule has 2 fully saturated rings. The van der Waals surface area contributed by atoms with Crippen molar-refractivity contribution in [2.45, 2.75) is 25.3 Å². The molecule has 2 aromatic heterocycles. The van der Waals surface area contributed by atoms with Crippen LogP contribution in [0.3, 0.4) is 0 Å². The number of hydrogen-bond donors (Lipinski definition) is 3. The maximum Gasteiger partial charge on any atom is 0.327 e. The van der Waals surface area contributed by atoms with Crippen LogP contribution in [0.1, 0.15) is 29.6 Å². The van der Waals surface area contributed by atoms with Gasteiger partial charge in [-0.3, -0.25) is 24.4 Å². The Morgan fingerprint density at radius 3 is 2.84 bits per heavy atom. The summed E-state index contributed by atoms with van der Waals surface area (Å²) in [5, 5.41) is 2.94. The second kappa shape index (κ2) is 5.83. The first-order chi connectivity index (χ1) is 12.0. The summed E-state index contributed by atoms with van der Waals surface area (Å²) in [6.07, 6.45) is 3.91. The first kappa shape index (κ1) is 15.6. The number of aromatic nitrogens is 3. The Labute approximate surface area is 141 Å². The normalized spacial score (nSPS) is 20.2. The van der Waals surface area contributed by atoms with Crippen molar-refractivity contribution in [3.8, 4) is 0 Å². The summed E-state index contributed by atoms with van der Waals surface area (Å²) in [4.78, 5) is 57.6. The van der Waals surface area contributed by atoms with Crippen LogP contribution in [-0.4, -0.2) is 50.8 Å². The molecular weight excluding hydrogens is 326 g/mol. The molecule has 4 rings (SSSR count). The summed E-state index contributed by atoms with van der Waals surface area (Å²) < 4.78 is 0. The van der Waals surface area contributed by atoms with Crippen LogP contribution >= 0.6 is 0 Å². The molecule has 3 heterocycles. The lowest BCUT2D eigenvalue weighted by Gasteiger charge is -2.15. The first-order valence-electron chi connectivity index (χ1n) is 8.21. The number of pyridine rings is 1.